The molecule has 2 rings (SSSR count). The van der Waals surface area contributed by atoms with Crippen molar-refractivity contribution in [3.8, 4) is 0 Å². The van der Waals surface area contributed by atoms with Crippen LogP contribution in [0.1, 0.15) is 53.4 Å². The smallest absolute Gasteiger partial charge is 0.315 e. The van der Waals surface area contributed by atoms with E-state index in [0.29, 0.717) is 5.25 Å². The second kappa shape index (κ2) is 7.77. The fraction of sp³-hybridized carbons (Fsp3) is 0.882. The van der Waals surface area contributed by atoms with Gasteiger partial charge in [0.15, 0.2) is 0 Å². The third kappa shape index (κ3) is 4.55. The molecule has 2 aliphatic heterocycles. The van der Waals surface area contributed by atoms with Crippen molar-refractivity contribution in [3.63, 3.8) is 0 Å². The molecule has 0 saturated carbocycles. The van der Waals surface area contributed by atoms with Crippen LogP contribution in [0.2, 0.25) is 0 Å². The molecule has 132 valence electrons. The summed E-state index contributed by atoms with van der Waals surface area (Å²) in [7, 11) is 0. The minimum Gasteiger partial charge on any atom is -0.356 e. The summed E-state index contributed by atoms with van der Waals surface area (Å²) in [5.74, 6) is 1.10. The van der Waals surface area contributed by atoms with Crippen molar-refractivity contribution in [2.45, 2.75) is 70.7 Å². The van der Waals surface area contributed by atoms with Crippen LogP contribution in [-0.2, 0) is 4.79 Å². The molecule has 5 nitrogen and oxygen atoms in total. The number of nitrogens with one attached hydrogen (secondary N) is 3. The van der Waals surface area contributed by atoms with Crippen molar-refractivity contribution in [2.75, 3.05) is 12.3 Å². The number of carbonyl (C=O) groups excluding carboxylic acids is 2. The van der Waals surface area contributed by atoms with Crippen LogP contribution in [0, 0.1) is 11.3 Å². The third-order valence-electron chi connectivity index (χ3n) is 4.96. The molecule has 4 atom stereocenters. The maximum atomic E-state index is 12.3. The first-order chi connectivity index (χ1) is 10.8. The summed E-state index contributed by atoms with van der Waals surface area (Å²) in [4.78, 5) is 23.8. The number of unbranched alkanes of at least 4 members (excludes halogenated alkanes) is 2. The van der Waals surface area contributed by atoms with Gasteiger partial charge in [0.1, 0.15) is 0 Å². The van der Waals surface area contributed by atoms with Gasteiger partial charge in [0.05, 0.1) is 12.1 Å². The molecule has 0 radical (unpaired) electrons. The van der Waals surface area contributed by atoms with E-state index < -0.39 is 0 Å². The first kappa shape index (κ1) is 18.4. The van der Waals surface area contributed by atoms with E-state index in [4.69, 9.17) is 0 Å². The monoisotopic (exact) mass is 341 g/mol. The highest BCUT2D eigenvalue weighted by atomic mass is 32.2. The van der Waals surface area contributed by atoms with Gasteiger partial charge >= 0.3 is 6.03 Å². The van der Waals surface area contributed by atoms with Crippen LogP contribution in [-0.4, -0.2) is 41.6 Å². The number of hydrogen-bond acceptors (Lipinski definition) is 3. The Hall–Kier alpha value is -0.910. The van der Waals surface area contributed by atoms with Crippen LogP contribution >= 0.6 is 11.8 Å². The summed E-state index contributed by atoms with van der Waals surface area (Å²) in [5, 5.41) is 9.44. The zero-order valence-corrected chi connectivity index (χ0v) is 15.6. The summed E-state index contributed by atoms with van der Waals surface area (Å²) in [6.45, 7) is 9.40. The number of thioether (sulfide) groups is 1. The lowest BCUT2D eigenvalue weighted by Gasteiger charge is -2.36. The van der Waals surface area contributed by atoms with Gasteiger partial charge in [-0.15, -0.1) is 0 Å². The van der Waals surface area contributed by atoms with Crippen molar-refractivity contribution in [1.82, 2.24) is 16.0 Å². The number of carbonyl (C=O) groups is 2. The Labute approximate surface area is 144 Å². The van der Waals surface area contributed by atoms with Crippen molar-refractivity contribution in [2.24, 2.45) is 11.3 Å². The van der Waals surface area contributed by atoms with Gasteiger partial charge in [0.25, 0.3) is 0 Å². The minimum atomic E-state index is -0.0529. The Morgan fingerprint density at radius 2 is 2.13 bits per heavy atom. The molecule has 3 amide bonds. The highest BCUT2D eigenvalue weighted by molar-refractivity contribution is 8.00. The van der Waals surface area contributed by atoms with E-state index in [9.17, 15) is 9.59 Å². The standard InChI is InChI=1S/C17H31N3O2S/c1-5-6-7-8-18-15(21)11(2)9-17(3,4)14-13-12(10-23-14)19-16(22)20-13/h11-14H,5-10H2,1-4H3,(H,18,21)(H2,19,20,22)/t11?,12-,13-,14?/m0/s1. The van der Waals surface area contributed by atoms with Crippen molar-refractivity contribution in [3.05, 3.63) is 0 Å². The molecule has 2 fully saturated rings. The van der Waals surface area contributed by atoms with Crippen LogP contribution in [0.3, 0.4) is 0 Å². The summed E-state index contributed by atoms with van der Waals surface area (Å²) in [5.41, 5.74) is 0.00353. The fourth-order valence-electron chi connectivity index (χ4n) is 3.77. The molecule has 0 spiro atoms. The van der Waals surface area contributed by atoms with E-state index in [1.165, 1.54) is 6.42 Å². The second-order valence-electron chi connectivity index (χ2n) is 7.60. The largest absolute Gasteiger partial charge is 0.356 e. The summed E-state index contributed by atoms with van der Waals surface area (Å²) >= 11 is 1.91. The number of urea groups is 1. The lowest BCUT2D eigenvalue weighted by Crippen LogP contribution is -2.45. The summed E-state index contributed by atoms with van der Waals surface area (Å²) in [6, 6.07) is 0.361. The lowest BCUT2D eigenvalue weighted by atomic mass is 9.77. The van der Waals surface area contributed by atoms with Crippen molar-refractivity contribution in [1.29, 1.82) is 0 Å². The summed E-state index contributed by atoms with van der Waals surface area (Å²) < 4.78 is 0. The van der Waals surface area contributed by atoms with E-state index in [1.54, 1.807) is 0 Å². The molecule has 0 aromatic heterocycles. The van der Waals surface area contributed by atoms with Gasteiger partial charge in [-0.3, -0.25) is 4.79 Å². The SMILES string of the molecule is CCCCCNC(=O)C(C)CC(C)(C)C1SC[C@@H]2NC(=O)N[C@H]12. The van der Waals surface area contributed by atoms with E-state index in [0.717, 1.165) is 31.6 Å². The van der Waals surface area contributed by atoms with Crippen LogP contribution < -0.4 is 16.0 Å². The predicted molar refractivity (Wildman–Crippen MR) is 95.6 cm³/mol. The first-order valence-corrected chi connectivity index (χ1v) is 9.86. The van der Waals surface area contributed by atoms with Gasteiger partial charge in [-0.1, -0.05) is 40.5 Å². The molecule has 2 unspecified atom stereocenters. The van der Waals surface area contributed by atoms with E-state index >= 15 is 0 Å². The van der Waals surface area contributed by atoms with Crippen LogP contribution in [0.4, 0.5) is 4.79 Å². The van der Waals surface area contributed by atoms with Gasteiger partial charge in [-0.05, 0) is 18.3 Å². The fourth-order valence-corrected chi connectivity index (χ4v) is 5.48. The maximum absolute atomic E-state index is 12.3. The molecule has 3 N–H and O–H groups in total. The molecule has 2 heterocycles. The highest BCUT2D eigenvalue weighted by Gasteiger charge is 2.49. The average Bonchev–Trinajstić information content (AvgIpc) is 3.01. The number of fused-ring (bicyclic) bond motifs is 1. The van der Waals surface area contributed by atoms with Crippen LogP contribution in [0.25, 0.3) is 0 Å². The Balaban J connectivity index is 1.85. The number of rotatable bonds is 8. The molecule has 0 aromatic rings. The van der Waals surface area contributed by atoms with Gasteiger partial charge in [0.2, 0.25) is 5.91 Å². The summed E-state index contributed by atoms with van der Waals surface area (Å²) in [6.07, 6.45) is 4.22. The number of amides is 3. The minimum absolute atomic E-state index is 0.00339. The van der Waals surface area contributed by atoms with E-state index in [2.05, 4.69) is 36.7 Å². The molecule has 0 aromatic carbocycles. The van der Waals surface area contributed by atoms with Gasteiger partial charge in [0, 0.05) is 23.5 Å². The van der Waals surface area contributed by atoms with E-state index in [-0.39, 0.29) is 35.4 Å². The molecular formula is C17H31N3O2S. The van der Waals surface area contributed by atoms with Crippen molar-refractivity contribution < 1.29 is 9.59 Å². The second-order valence-corrected chi connectivity index (χ2v) is 8.77. The topological polar surface area (TPSA) is 70.2 Å². The lowest BCUT2D eigenvalue weighted by molar-refractivity contribution is -0.125. The Morgan fingerprint density at radius 1 is 1.39 bits per heavy atom. The Kier molecular flexibility index (Phi) is 6.23. The maximum Gasteiger partial charge on any atom is 0.315 e. The van der Waals surface area contributed by atoms with Gasteiger partial charge < -0.3 is 16.0 Å². The van der Waals surface area contributed by atoms with Crippen LogP contribution in [0.15, 0.2) is 0 Å². The Morgan fingerprint density at radius 3 is 2.83 bits per heavy atom. The quantitative estimate of drug-likeness (QED) is 0.469. The molecule has 2 aliphatic rings. The zero-order chi connectivity index (χ0) is 17.0. The zero-order valence-electron chi connectivity index (χ0n) is 14.8. The van der Waals surface area contributed by atoms with Gasteiger partial charge in [-0.25, -0.2) is 4.79 Å². The Bertz CT molecular complexity index is 442. The molecule has 6 heteroatoms. The van der Waals surface area contributed by atoms with E-state index in [1.807, 2.05) is 18.7 Å². The average molecular weight is 342 g/mol. The molecular weight excluding hydrogens is 310 g/mol. The van der Waals surface area contributed by atoms with Gasteiger partial charge in [-0.2, -0.15) is 11.8 Å². The van der Waals surface area contributed by atoms with Crippen LogP contribution in [0.5, 0.6) is 0 Å². The first-order valence-electron chi connectivity index (χ1n) is 8.81. The molecule has 0 bridgehead atoms. The predicted octanol–water partition coefficient (Wildman–Crippen LogP) is 2.51. The number of hydrogen-bond donors (Lipinski definition) is 3. The molecule has 2 saturated heterocycles. The molecule has 0 aliphatic carbocycles. The highest BCUT2D eigenvalue weighted by Crippen LogP contribution is 2.44. The third-order valence-corrected chi connectivity index (χ3v) is 6.80. The molecule has 23 heavy (non-hydrogen) atoms. The normalized spacial score (nSPS) is 28.0. The van der Waals surface area contributed by atoms with Crippen molar-refractivity contribution >= 4 is 23.7 Å².